The van der Waals surface area contributed by atoms with Crippen molar-refractivity contribution in [2.24, 2.45) is 11.3 Å². The molecule has 0 spiro atoms. The van der Waals surface area contributed by atoms with Crippen molar-refractivity contribution in [2.45, 2.75) is 40.2 Å². The summed E-state index contributed by atoms with van der Waals surface area (Å²) in [5, 5.41) is 0. The van der Waals surface area contributed by atoms with Crippen LogP contribution in [0.2, 0.25) is 0 Å². The molecule has 1 unspecified atom stereocenters. The fourth-order valence-electron chi connectivity index (χ4n) is 4.24. The van der Waals surface area contributed by atoms with E-state index >= 15 is 0 Å². The molecule has 2 saturated heterocycles. The van der Waals surface area contributed by atoms with Crippen LogP contribution in [-0.2, 0) is 9.59 Å². The highest BCUT2D eigenvalue weighted by atomic mass is 19.3. The average Bonchev–Trinajstić information content (AvgIpc) is 2.77. The van der Waals surface area contributed by atoms with Crippen molar-refractivity contribution < 1.29 is 27.9 Å². The molecule has 9 heteroatoms. The number of carbonyl (C=O) groups excluding carboxylic acids is 3. The molecule has 0 bridgehead atoms. The number of amides is 3. The number of likely N-dealkylation sites (tertiary alicyclic amines) is 1. The summed E-state index contributed by atoms with van der Waals surface area (Å²) in [5.74, 6) is -0.734. The number of carbonyl (C=O) groups is 3. The Morgan fingerprint density at radius 1 is 0.969 bits per heavy atom. The molecule has 0 aliphatic carbocycles. The molecule has 0 radical (unpaired) electrons. The zero-order valence-corrected chi connectivity index (χ0v) is 18.9. The number of nitrogens with zero attached hydrogens (tertiary/aromatic N) is 3. The highest BCUT2D eigenvalue weighted by Gasteiger charge is 2.36. The molecule has 0 saturated carbocycles. The summed E-state index contributed by atoms with van der Waals surface area (Å²) >= 11 is 0. The van der Waals surface area contributed by atoms with Crippen molar-refractivity contribution in [1.82, 2.24) is 14.7 Å². The number of alkyl halides is 2. The number of ether oxygens (including phenoxy) is 1. The standard InChI is InChI=1S/C23H31F2N3O4/c1-23(2,3)21(31)28-10-6-7-16(15-28)19(29)26-11-13-27(14-12-26)20(30)17-8-4-5-9-18(17)32-22(24)25/h4-5,8-9,16,22H,6-7,10-15H2,1-3H3. The van der Waals surface area contributed by atoms with Crippen LogP contribution in [0.4, 0.5) is 8.78 Å². The van der Waals surface area contributed by atoms with Gasteiger partial charge in [-0.15, -0.1) is 0 Å². The molecule has 2 heterocycles. The first-order valence-electron chi connectivity index (χ1n) is 11.0. The Morgan fingerprint density at radius 3 is 2.22 bits per heavy atom. The monoisotopic (exact) mass is 451 g/mol. The van der Waals surface area contributed by atoms with Gasteiger partial charge in [-0.25, -0.2) is 0 Å². The van der Waals surface area contributed by atoms with Gasteiger partial charge in [0.25, 0.3) is 5.91 Å². The predicted octanol–water partition coefficient (Wildman–Crippen LogP) is 2.86. The van der Waals surface area contributed by atoms with E-state index in [4.69, 9.17) is 0 Å². The molecule has 1 aromatic carbocycles. The van der Waals surface area contributed by atoms with Crippen molar-refractivity contribution in [3.05, 3.63) is 29.8 Å². The van der Waals surface area contributed by atoms with Gasteiger partial charge in [0.2, 0.25) is 11.8 Å². The Bertz CT molecular complexity index is 848. The predicted molar refractivity (Wildman–Crippen MR) is 114 cm³/mol. The number of benzene rings is 1. The van der Waals surface area contributed by atoms with E-state index in [1.54, 1.807) is 20.8 Å². The van der Waals surface area contributed by atoms with Gasteiger partial charge < -0.3 is 19.4 Å². The molecule has 0 N–H and O–H groups in total. The van der Waals surface area contributed by atoms with Crippen molar-refractivity contribution in [1.29, 1.82) is 0 Å². The van der Waals surface area contributed by atoms with Gasteiger partial charge in [-0.05, 0) is 25.0 Å². The van der Waals surface area contributed by atoms with E-state index in [0.717, 1.165) is 12.8 Å². The van der Waals surface area contributed by atoms with Crippen molar-refractivity contribution in [2.75, 3.05) is 39.3 Å². The van der Waals surface area contributed by atoms with E-state index in [9.17, 15) is 23.2 Å². The lowest BCUT2D eigenvalue weighted by Crippen LogP contribution is -2.54. The van der Waals surface area contributed by atoms with Crippen LogP contribution in [0.15, 0.2) is 24.3 Å². The van der Waals surface area contributed by atoms with Crippen LogP contribution in [-0.4, -0.2) is 78.3 Å². The SMILES string of the molecule is CC(C)(C)C(=O)N1CCCC(C(=O)N2CCN(C(=O)c3ccccc3OC(F)F)CC2)C1. The second-order valence-electron chi connectivity index (χ2n) is 9.33. The minimum absolute atomic E-state index is 0.00458. The Balaban J connectivity index is 1.58. The van der Waals surface area contributed by atoms with E-state index in [0.29, 0.717) is 39.3 Å². The van der Waals surface area contributed by atoms with Gasteiger partial charge in [-0.3, -0.25) is 14.4 Å². The van der Waals surface area contributed by atoms with E-state index in [1.807, 2.05) is 20.8 Å². The first-order valence-corrected chi connectivity index (χ1v) is 11.0. The fraction of sp³-hybridized carbons (Fsp3) is 0.609. The van der Waals surface area contributed by atoms with E-state index in [2.05, 4.69) is 4.74 Å². The molecule has 7 nitrogen and oxygen atoms in total. The lowest BCUT2D eigenvalue weighted by atomic mass is 9.90. The largest absolute Gasteiger partial charge is 0.434 e. The van der Waals surface area contributed by atoms with Crippen LogP contribution in [0.5, 0.6) is 5.75 Å². The highest BCUT2D eigenvalue weighted by molar-refractivity contribution is 5.97. The third-order valence-electron chi connectivity index (χ3n) is 5.91. The molecule has 3 amide bonds. The summed E-state index contributed by atoms with van der Waals surface area (Å²) in [4.78, 5) is 43.6. The van der Waals surface area contributed by atoms with Gasteiger partial charge in [0.15, 0.2) is 0 Å². The maximum absolute atomic E-state index is 13.1. The molecule has 2 fully saturated rings. The van der Waals surface area contributed by atoms with E-state index < -0.39 is 17.9 Å². The Morgan fingerprint density at radius 2 is 1.59 bits per heavy atom. The number of hydrogen-bond donors (Lipinski definition) is 0. The molecular weight excluding hydrogens is 420 g/mol. The van der Waals surface area contributed by atoms with Gasteiger partial charge >= 0.3 is 6.61 Å². The second kappa shape index (κ2) is 9.83. The number of piperazine rings is 1. The zero-order valence-electron chi connectivity index (χ0n) is 18.9. The summed E-state index contributed by atoms with van der Waals surface area (Å²) in [6, 6.07) is 5.93. The number of halogens is 2. The van der Waals surface area contributed by atoms with Crippen LogP contribution in [0.25, 0.3) is 0 Å². The first kappa shape index (κ1) is 23.9. The lowest BCUT2D eigenvalue weighted by molar-refractivity contribution is -0.146. The minimum atomic E-state index is -3.02. The van der Waals surface area contributed by atoms with Crippen LogP contribution < -0.4 is 4.74 Å². The summed E-state index contributed by atoms with van der Waals surface area (Å²) in [6.07, 6.45) is 1.53. The summed E-state index contributed by atoms with van der Waals surface area (Å²) < 4.78 is 29.8. The average molecular weight is 452 g/mol. The lowest BCUT2D eigenvalue weighted by Gasteiger charge is -2.40. The molecule has 2 aliphatic rings. The maximum atomic E-state index is 13.1. The smallest absolute Gasteiger partial charge is 0.387 e. The topological polar surface area (TPSA) is 70.2 Å². The molecule has 32 heavy (non-hydrogen) atoms. The van der Waals surface area contributed by atoms with Crippen LogP contribution in [0, 0.1) is 11.3 Å². The van der Waals surface area contributed by atoms with Crippen LogP contribution in [0.1, 0.15) is 44.0 Å². The van der Waals surface area contributed by atoms with Crippen LogP contribution in [0.3, 0.4) is 0 Å². The molecular formula is C23H31F2N3O4. The molecule has 3 rings (SSSR count). The Hall–Kier alpha value is -2.71. The third kappa shape index (κ3) is 5.55. The number of para-hydroxylation sites is 1. The van der Waals surface area contributed by atoms with Gasteiger partial charge in [0.05, 0.1) is 11.5 Å². The second-order valence-corrected chi connectivity index (χ2v) is 9.33. The Labute approximate surface area is 187 Å². The summed E-state index contributed by atoms with van der Waals surface area (Å²) in [7, 11) is 0. The first-order chi connectivity index (χ1) is 15.1. The summed E-state index contributed by atoms with van der Waals surface area (Å²) in [6.45, 7) is 5.06. The normalized spacial score (nSPS) is 19.8. The third-order valence-corrected chi connectivity index (χ3v) is 5.91. The molecule has 1 aromatic rings. The van der Waals surface area contributed by atoms with Crippen molar-refractivity contribution >= 4 is 17.7 Å². The quantitative estimate of drug-likeness (QED) is 0.706. The molecule has 0 aromatic heterocycles. The number of hydrogen-bond acceptors (Lipinski definition) is 4. The van der Waals surface area contributed by atoms with Gasteiger partial charge in [-0.2, -0.15) is 8.78 Å². The zero-order chi connectivity index (χ0) is 23.5. The van der Waals surface area contributed by atoms with Crippen LogP contribution >= 0.6 is 0 Å². The van der Waals surface area contributed by atoms with E-state index in [-0.39, 0.29) is 29.0 Å². The van der Waals surface area contributed by atoms with Gasteiger partial charge in [0.1, 0.15) is 5.75 Å². The maximum Gasteiger partial charge on any atom is 0.387 e. The summed E-state index contributed by atoms with van der Waals surface area (Å²) in [5.41, 5.74) is -0.405. The van der Waals surface area contributed by atoms with Crippen molar-refractivity contribution in [3.63, 3.8) is 0 Å². The number of piperidine rings is 1. The molecule has 1 atom stereocenters. The van der Waals surface area contributed by atoms with Crippen molar-refractivity contribution in [3.8, 4) is 5.75 Å². The molecule has 176 valence electrons. The Kier molecular flexibility index (Phi) is 7.36. The fourth-order valence-corrected chi connectivity index (χ4v) is 4.24. The minimum Gasteiger partial charge on any atom is -0.434 e. The molecule has 2 aliphatic heterocycles. The van der Waals surface area contributed by atoms with Gasteiger partial charge in [0, 0.05) is 44.7 Å². The van der Waals surface area contributed by atoms with Gasteiger partial charge in [-0.1, -0.05) is 32.9 Å². The van der Waals surface area contributed by atoms with E-state index in [1.165, 1.54) is 18.2 Å². The number of rotatable bonds is 4. The highest BCUT2D eigenvalue weighted by Crippen LogP contribution is 2.26.